The Hall–Kier alpha value is -1.55. The number of rotatable bonds is 6. The normalized spacial score (nSPS) is 15.0. The molecule has 0 atom stereocenters. The van der Waals surface area contributed by atoms with Crippen molar-refractivity contribution in [2.24, 2.45) is 5.92 Å². The number of likely N-dealkylation sites (N-methyl/N-ethyl adjacent to an activating group) is 1. The van der Waals surface area contributed by atoms with Gasteiger partial charge < -0.3 is 14.7 Å². The second-order valence-electron chi connectivity index (χ2n) is 6.25. The van der Waals surface area contributed by atoms with E-state index in [9.17, 15) is 9.90 Å². The van der Waals surface area contributed by atoms with Crippen molar-refractivity contribution in [1.82, 2.24) is 4.90 Å². The van der Waals surface area contributed by atoms with Gasteiger partial charge in [0.15, 0.2) is 0 Å². The van der Waals surface area contributed by atoms with Crippen LogP contribution in [0.1, 0.15) is 37.0 Å². The predicted octanol–water partition coefficient (Wildman–Crippen LogP) is 2.32. The third-order valence-corrected chi connectivity index (χ3v) is 3.25. The van der Waals surface area contributed by atoms with E-state index in [0.29, 0.717) is 18.0 Å². The van der Waals surface area contributed by atoms with Crippen LogP contribution in [0, 0.1) is 5.92 Å². The van der Waals surface area contributed by atoms with Crippen LogP contribution < -0.4 is 4.74 Å². The fraction of sp³-hybridized carbons (Fsp3) is 0.562. The molecule has 0 bridgehead atoms. The maximum atomic E-state index is 12.2. The summed E-state index contributed by atoms with van der Waals surface area (Å²) in [6.45, 7) is 4.44. The maximum absolute atomic E-state index is 12.2. The lowest BCUT2D eigenvalue weighted by atomic mass is 10.1. The van der Waals surface area contributed by atoms with E-state index >= 15 is 0 Å². The number of hydrogen-bond donors (Lipinski definition) is 1. The Morgan fingerprint density at radius 2 is 1.95 bits per heavy atom. The van der Waals surface area contributed by atoms with Crippen LogP contribution in [0.5, 0.6) is 5.75 Å². The number of nitrogens with zero attached hydrogens (tertiary/aromatic N) is 1. The molecular weight excluding hydrogens is 254 g/mol. The first kappa shape index (κ1) is 14.9. The number of carbonyl (C=O) groups is 1. The molecule has 0 saturated heterocycles. The first-order chi connectivity index (χ1) is 9.35. The predicted molar refractivity (Wildman–Crippen MR) is 77.9 cm³/mol. The lowest BCUT2D eigenvalue weighted by Crippen LogP contribution is -2.39. The quantitative estimate of drug-likeness (QED) is 0.868. The molecule has 20 heavy (non-hydrogen) atoms. The minimum Gasteiger partial charge on any atom is -0.493 e. The molecule has 1 saturated carbocycles. The van der Waals surface area contributed by atoms with Crippen LogP contribution >= 0.6 is 0 Å². The minimum absolute atomic E-state index is 0.0964. The van der Waals surface area contributed by atoms with E-state index in [0.717, 1.165) is 12.4 Å². The molecule has 1 aromatic carbocycles. The Balaban J connectivity index is 1.92. The van der Waals surface area contributed by atoms with E-state index in [-0.39, 0.29) is 5.91 Å². The van der Waals surface area contributed by atoms with Crippen LogP contribution in [-0.4, -0.2) is 41.7 Å². The standard InChI is InChI=1S/C16H23NO3/c1-16(2,19)11-17(3)15(18)13-6-8-14(9-7-13)20-10-12-4-5-12/h6-9,12,19H,4-5,10-11H2,1-3H3. The van der Waals surface area contributed by atoms with E-state index in [4.69, 9.17) is 4.74 Å². The Labute approximate surface area is 120 Å². The van der Waals surface area contributed by atoms with E-state index < -0.39 is 5.60 Å². The minimum atomic E-state index is -0.891. The van der Waals surface area contributed by atoms with Gasteiger partial charge in [-0.3, -0.25) is 4.79 Å². The van der Waals surface area contributed by atoms with Gasteiger partial charge in [0, 0.05) is 19.2 Å². The van der Waals surface area contributed by atoms with Gasteiger partial charge >= 0.3 is 0 Å². The summed E-state index contributed by atoms with van der Waals surface area (Å²) in [5.74, 6) is 1.42. The number of carbonyl (C=O) groups excluding carboxylic acids is 1. The monoisotopic (exact) mass is 277 g/mol. The van der Waals surface area contributed by atoms with Gasteiger partial charge in [0.1, 0.15) is 5.75 Å². The molecule has 0 spiro atoms. The van der Waals surface area contributed by atoms with Crippen molar-refractivity contribution >= 4 is 5.91 Å². The lowest BCUT2D eigenvalue weighted by molar-refractivity contribution is 0.0368. The SMILES string of the molecule is CN(CC(C)(C)O)C(=O)c1ccc(OCC2CC2)cc1. The van der Waals surface area contributed by atoms with Gasteiger partial charge in [-0.25, -0.2) is 0 Å². The van der Waals surface area contributed by atoms with Crippen molar-refractivity contribution in [2.45, 2.75) is 32.3 Å². The van der Waals surface area contributed by atoms with E-state index in [1.165, 1.54) is 17.7 Å². The van der Waals surface area contributed by atoms with Gasteiger partial charge in [0.05, 0.1) is 12.2 Å². The largest absolute Gasteiger partial charge is 0.493 e. The summed E-state index contributed by atoms with van der Waals surface area (Å²) in [4.78, 5) is 13.7. The van der Waals surface area contributed by atoms with Crippen LogP contribution in [0.4, 0.5) is 0 Å². The zero-order valence-corrected chi connectivity index (χ0v) is 12.4. The van der Waals surface area contributed by atoms with Crippen LogP contribution in [0.15, 0.2) is 24.3 Å². The molecule has 0 unspecified atom stereocenters. The molecule has 1 N–H and O–H groups in total. The number of ether oxygens (including phenoxy) is 1. The summed E-state index contributed by atoms with van der Waals surface area (Å²) in [6.07, 6.45) is 2.52. The van der Waals surface area contributed by atoms with Crippen molar-refractivity contribution < 1.29 is 14.6 Å². The van der Waals surface area contributed by atoms with Crippen molar-refractivity contribution in [3.8, 4) is 5.75 Å². The summed E-state index contributed by atoms with van der Waals surface area (Å²) in [5, 5.41) is 9.74. The zero-order valence-electron chi connectivity index (χ0n) is 12.4. The second kappa shape index (κ2) is 5.83. The summed E-state index contributed by atoms with van der Waals surface area (Å²) in [6, 6.07) is 7.19. The fourth-order valence-corrected chi connectivity index (χ4v) is 2.06. The number of hydrogen-bond acceptors (Lipinski definition) is 3. The molecule has 0 aromatic heterocycles. The van der Waals surface area contributed by atoms with Crippen LogP contribution in [0.3, 0.4) is 0 Å². The van der Waals surface area contributed by atoms with Gasteiger partial charge in [-0.1, -0.05) is 0 Å². The molecule has 0 radical (unpaired) electrons. The highest BCUT2D eigenvalue weighted by molar-refractivity contribution is 5.94. The summed E-state index contributed by atoms with van der Waals surface area (Å²) in [5.41, 5.74) is -0.284. The third-order valence-electron chi connectivity index (χ3n) is 3.25. The molecule has 1 aromatic rings. The molecule has 4 heteroatoms. The average molecular weight is 277 g/mol. The highest BCUT2D eigenvalue weighted by atomic mass is 16.5. The summed E-state index contributed by atoms with van der Waals surface area (Å²) < 4.78 is 5.64. The molecule has 1 amide bonds. The van der Waals surface area contributed by atoms with Crippen LogP contribution in [-0.2, 0) is 0 Å². The Kier molecular flexibility index (Phi) is 4.33. The molecule has 0 aliphatic heterocycles. The third kappa shape index (κ3) is 4.53. The molecule has 1 aliphatic carbocycles. The zero-order chi connectivity index (χ0) is 14.8. The Morgan fingerprint density at radius 1 is 1.35 bits per heavy atom. The van der Waals surface area contributed by atoms with Gasteiger partial charge in [-0.15, -0.1) is 0 Å². The van der Waals surface area contributed by atoms with E-state index in [1.807, 2.05) is 12.1 Å². The van der Waals surface area contributed by atoms with Crippen molar-refractivity contribution in [2.75, 3.05) is 20.2 Å². The van der Waals surface area contributed by atoms with Crippen molar-refractivity contribution in [3.05, 3.63) is 29.8 Å². The van der Waals surface area contributed by atoms with Crippen molar-refractivity contribution in [3.63, 3.8) is 0 Å². The number of benzene rings is 1. The highest BCUT2D eigenvalue weighted by Crippen LogP contribution is 2.29. The molecule has 0 heterocycles. The molecular formula is C16H23NO3. The van der Waals surface area contributed by atoms with Gasteiger partial charge in [-0.05, 0) is 56.9 Å². The van der Waals surface area contributed by atoms with Crippen LogP contribution in [0.25, 0.3) is 0 Å². The highest BCUT2D eigenvalue weighted by Gasteiger charge is 2.22. The molecule has 2 rings (SSSR count). The Bertz CT molecular complexity index is 458. The van der Waals surface area contributed by atoms with Crippen LogP contribution in [0.2, 0.25) is 0 Å². The second-order valence-corrected chi connectivity index (χ2v) is 6.25. The average Bonchev–Trinajstić information content (AvgIpc) is 3.18. The lowest BCUT2D eigenvalue weighted by Gasteiger charge is -2.25. The molecule has 110 valence electrons. The summed E-state index contributed by atoms with van der Waals surface area (Å²) in [7, 11) is 1.69. The number of aliphatic hydroxyl groups is 1. The van der Waals surface area contributed by atoms with E-state index in [1.54, 1.807) is 33.0 Å². The Morgan fingerprint density at radius 3 is 2.45 bits per heavy atom. The van der Waals surface area contributed by atoms with Gasteiger partial charge in [0.2, 0.25) is 0 Å². The molecule has 1 aliphatic rings. The number of amides is 1. The van der Waals surface area contributed by atoms with E-state index in [2.05, 4.69) is 0 Å². The molecule has 1 fully saturated rings. The molecule has 4 nitrogen and oxygen atoms in total. The maximum Gasteiger partial charge on any atom is 0.253 e. The first-order valence-corrected chi connectivity index (χ1v) is 7.06. The smallest absolute Gasteiger partial charge is 0.253 e. The fourth-order valence-electron chi connectivity index (χ4n) is 2.06. The van der Waals surface area contributed by atoms with Gasteiger partial charge in [-0.2, -0.15) is 0 Å². The summed E-state index contributed by atoms with van der Waals surface area (Å²) >= 11 is 0. The first-order valence-electron chi connectivity index (χ1n) is 7.06. The topological polar surface area (TPSA) is 49.8 Å². The van der Waals surface area contributed by atoms with Gasteiger partial charge in [0.25, 0.3) is 5.91 Å². The van der Waals surface area contributed by atoms with Crippen molar-refractivity contribution in [1.29, 1.82) is 0 Å².